The zero-order valence-electron chi connectivity index (χ0n) is 11.7. The van der Waals surface area contributed by atoms with E-state index in [4.69, 9.17) is 16.3 Å². The van der Waals surface area contributed by atoms with Gasteiger partial charge in [-0.05, 0) is 32.9 Å². The summed E-state index contributed by atoms with van der Waals surface area (Å²) in [6.07, 6.45) is 1.10. The highest BCUT2D eigenvalue weighted by Crippen LogP contribution is 2.34. The van der Waals surface area contributed by atoms with Crippen LogP contribution in [0, 0.1) is 11.3 Å². The van der Waals surface area contributed by atoms with Crippen LogP contribution in [-0.2, 0) is 10.2 Å². The van der Waals surface area contributed by atoms with Crippen molar-refractivity contribution in [2.45, 2.75) is 31.8 Å². The van der Waals surface area contributed by atoms with E-state index in [1.807, 2.05) is 20.8 Å². The second kappa shape index (κ2) is 4.95. The average molecular weight is 294 g/mol. The highest BCUT2D eigenvalue weighted by Gasteiger charge is 2.49. The molecule has 106 valence electrons. The molecule has 20 heavy (non-hydrogen) atoms. The van der Waals surface area contributed by atoms with E-state index in [9.17, 15) is 10.1 Å². The van der Waals surface area contributed by atoms with Crippen molar-refractivity contribution in [2.24, 2.45) is 0 Å². The molecule has 2 rings (SSSR count). The minimum absolute atomic E-state index is 0.285. The molecule has 0 unspecified atom stereocenters. The van der Waals surface area contributed by atoms with Crippen molar-refractivity contribution in [1.29, 1.82) is 5.26 Å². The number of amides is 1. The Bertz CT molecular complexity index is 551. The van der Waals surface area contributed by atoms with Crippen molar-refractivity contribution >= 4 is 17.7 Å². The third-order valence-corrected chi connectivity index (χ3v) is 3.23. The zero-order chi connectivity index (χ0) is 15.0. The maximum absolute atomic E-state index is 11.9. The van der Waals surface area contributed by atoms with Crippen LogP contribution in [0.2, 0.25) is 5.02 Å². The molecule has 1 aromatic rings. The van der Waals surface area contributed by atoms with E-state index >= 15 is 0 Å². The smallest absolute Gasteiger partial charge is 0.410 e. The number of likely N-dealkylation sites (tertiary alicyclic amines) is 1. The summed E-state index contributed by atoms with van der Waals surface area (Å²) in [6.45, 7) is 6.00. The van der Waals surface area contributed by atoms with E-state index in [1.54, 1.807) is 12.1 Å². The van der Waals surface area contributed by atoms with Gasteiger partial charge in [0.2, 0.25) is 0 Å². The van der Waals surface area contributed by atoms with Gasteiger partial charge < -0.3 is 9.64 Å². The molecule has 0 aromatic carbocycles. The van der Waals surface area contributed by atoms with Crippen LogP contribution in [0.4, 0.5) is 4.79 Å². The maximum atomic E-state index is 11.9. The fourth-order valence-electron chi connectivity index (χ4n) is 2.01. The minimum atomic E-state index is -0.762. The number of hydrogen-bond acceptors (Lipinski definition) is 4. The molecular formula is C14H16ClN3O2. The summed E-state index contributed by atoms with van der Waals surface area (Å²) < 4.78 is 5.27. The molecule has 6 heteroatoms. The number of nitriles is 1. The van der Waals surface area contributed by atoms with E-state index < -0.39 is 17.1 Å². The molecule has 2 heterocycles. The van der Waals surface area contributed by atoms with Crippen molar-refractivity contribution in [3.63, 3.8) is 0 Å². The summed E-state index contributed by atoms with van der Waals surface area (Å²) >= 11 is 5.79. The van der Waals surface area contributed by atoms with Crippen LogP contribution in [-0.4, -0.2) is 34.7 Å². The molecule has 5 nitrogen and oxygen atoms in total. The van der Waals surface area contributed by atoms with Crippen LogP contribution < -0.4 is 0 Å². The lowest BCUT2D eigenvalue weighted by atomic mass is 9.78. The van der Waals surface area contributed by atoms with Gasteiger partial charge in [-0.1, -0.05) is 11.6 Å². The standard InChI is InChI=1S/C14H16ClN3O2/c1-13(2,3)20-12(19)18-8-14(7-16,9-18)11-5-4-10(15)6-17-11/h4-6H,8-9H2,1-3H3. The summed E-state index contributed by atoms with van der Waals surface area (Å²) in [7, 11) is 0. The zero-order valence-corrected chi connectivity index (χ0v) is 12.4. The molecule has 0 radical (unpaired) electrons. The molecule has 0 saturated carbocycles. The van der Waals surface area contributed by atoms with Gasteiger partial charge in [0, 0.05) is 6.20 Å². The molecule has 1 amide bonds. The van der Waals surface area contributed by atoms with Crippen LogP contribution in [0.5, 0.6) is 0 Å². The summed E-state index contributed by atoms with van der Waals surface area (Å²) in [5, 5.41) is 9.91. The monoisotopic (exact) mass is 293 g/mol. The topological polar surface area (TPSA) is 66.2 Å². The highest BCUT2D eigenvalue weighted by atomic mass is 35.5. The molecule has 0 atom stereocenters. The summed E-state index contributed by atoms with van der Waals surface area (Å²) in [6, 6.07) is 5.66. The lowest BCUT2D eigenvalue weighted by Gasteiger charge is -2.44. The predicted molar refractivity (Wildman–Crippen MR) is 74.3 cm³/mol. The SMILES string of the molecule is CC(C)(C)OC(=O)N1CC(C#N)(c2ccc(Cl)cn2)C1. The molecule has 1 aliphatic heterocycles. The van der Waals surface area contributed by atoms with E-state index in [1.165, 1.54) is 11.1 Å². The predicted octanol–water partition coefficient (Wildman–Crippen LogP) is 2.75. The Kier molecular flexibility index (Phi) is 3.61. The summed E-state index contributed by atoms with van der Waals surface area (Å²) in [4.78, 5) is 17.6. The van der Waals surface area contributed by atoms with E-state index in [-0.39, 0.29) is 13.1 Å². The van der Waals surface area contributed by atoms with Gasteiger partial charge in [-0.2, -0.15) is 5.26 Å². The molecule has 0 bridgehead atoms. The molecule has 1 aromatic heterocycles. The highest BCUT2D eigenvalue weighted by molar-refractivity contribution is 6.30. The fourth-order valence-corrected chi connectivity index (χ4v) is 2.12. The number of aromatic nitrogens is 1. The Morgan fingerprint density at radius 3 is 2.60 bits per heavy atom. The number of carbonyl (C=O) groups is 1. The molecule has 1 saturated heterocycles. The Labute approximate surface area is 123 Å². The largest absolute Gasteiger partial charge is 0.444 e. The van der Waals surface area contributed by atoms with Crippen LogP contribution in [0.25, 0.3) is 0 Å². The Balaban J connectivity index is 2.07. The number of carbonyl (C=O) groups excluding carboxylic acids is 1. The van der Waals surface area contributed by atoms with E-state index in [0.29, 0.717) is 10.7 Å². The molecule has 0 spiro atoms. The molecule has 1 aliphatic rings. The first-order valence-electron chi connectivity index (χ1n) is 6.27. The molecule has 1 fully saturated rings. The Morgan fingerprint density at radius 2 is 2.15 bits per heavy atom. The second-order valence-corrected chi connectivity index (χ2v) is 6.33. The van der Waals surface area contributed by atoms with Crippen molar-refractivity contribution in [3.05, 3.63) is 29.0 Å². The van der Waals surface area contributed by atoms with Crippen LogP contribution >= 0.6 is 11.6 Å². The molecule has 0 N–H and O–H groups in total. The van der Waals surface area contributed by atoms with Crippen molar-refractivity contribution in [1.82, 2.24) is 9.88 Å². The second-order valence-electron chi connectivity index (χ2n) is 5.89. The van der Waals surface area contributed by atoms with Crippen LogP contribution in [0.15, 0.2) is 18.3 Å². The van der Waals surface area contributed by atoms with E-state index in [2.05, 4.69) is 11.1 Å². The van der Waals surface area contributed by atoms with Crippen molar-refractivity contribution in [2.75, 3.05) is 13.1 Å². The van der Waals surface area contributed by atoms with Gasteiger partial charge in [0.05, 0.1) is 29.9 Å². The maximum Gasteiger partial charge on any atom is 0.410 e. The first-order chi connectivity index (χ1) is 9.26. The van der Waals surface area contributed by atoms with Crippen molar-refractivity contribution in [3.8, 4) is 6.07 Å². The number of halogens is 1. The van der Waals surface area contributed by atoms with Gasteiger partial charge in [0.1, 0.15) is 11.0 Å². The number of hydrogen-bond donors (Lipinski definition) is 0. The number of ether oxygens (including phenoxy) is 1. The minimum Gasteiger partial charge on any atom is -0.444 e. The van der Waals surface area contributed by atoms with E-state index in [0.717, 1.165) is 0 Å². The van der Waals surface area contributed by atoms with Gasteiger partial charge >= 0.3 is 6.09 Å². The van der Waals surface area contributed by atoms with Gasteiger partial charge in [-0.25, -0.2) is 4.79 Å². The lowest BCUT2D eigenvalue weighted by molar-refractivity contribution is -0.000993. The fraction of sp³-hybridized carbons (Fsp3) is 0.500. The first kappa shape index (κ1) is 14.6. The summed E-state index contributed by atoms with van der Waals surface area (Å²) in [5.74, 6) is 0. The first-order valence-corrected chi connectivity index (χ1v) is 6.65. The number of rotatable bonds is 1. The summed E-state index contributed by atoms with van der Waals surface area (Å²) in [5.41, 5.74) is -0.675. The number of nitrogens with zero attached hydrogens (tertiary/aromatic N) is 3. The third-order valence-electron chi connectivity index (χ3n) is 3.00. The molecular weight excluding hydrogens is 278 g/mol. The van der Waals surface area contributed by atoms with Gasteiger partial charge in [-0.15, -0.1) is 0 Å². The van der Waals surface area contributed by atoms with Crippen molar-refractivity contribution < 1.29 is 9.53 Å². The number of pyridine rings is 1. The normalized spacial score (nSPS) is 17.1. The van der Waals surface area contributed by atoms with Crippen LogP contribution in [0.3, 0.4) is 0 Å². The van der Waals surface area contributed by atoms with Crippen LogP contribution in [0.1, 0.15) is 26.5 Å². The lowest BCUT2D eigenvalue weighted by Crippen LogP contribution is -2.61. The Hall–Kier alpha value is -1.80. The van der Waals surface area contributed by atoms with Gasteiger partial charge in [0.25, 0.3) is 0 Å². The Morgan fingerprint density at radius 1 is 1.50 bits per heavy atom. The quantitative estimate of drug-likeness (QED) is 0.798. The molecule has 0 aliphatic carbocycles. The van der Waals surface area contributed by atoms with Gasteiger partial charge in [-0.3, -0.25) is 4.98 Å². The average Bonchev–Trinajstić information content (AvgIpc) is 2.28. The van der Waals surface area contributed by atoms with Gasteiger partial charge in [0.15, 0.2) is 0 Å². The third kappa shape index (κ3) is 2.86.